The maximum absolute atomic E-state index is 12.6. The predicted molar refractivity (Wildman–Crippen MR) is 111 cm³/mol. The SMILES string of the molecule is COc1ccc2c(c1)c(=O)oc1c(C)c3oc(C)c(-c4ccccc4)c3cc12. The summed E-state index contributed by atoms with van der Waals surface area (Å²) in [5.74, 6) is 1.47. The highest BCUT2D eigenvalue weighted by Crippen LogP contribution is 2.40. The summed E-state index contributed by atoms with van der Waals surface area (Å²) >= 11 is 0. The molecule has 0 aliphatic heterocycles. The number of methoxy groups -OCH3 is 1. The van der Waals surface area contributed by atoms with Crippen LogP contribution in [0.25, 0.3) is 43.8 Å². The highest BCUT2D eigenvalue weighted by atomic mass is 16.5. The standard InChI is InChI=1S/C24H18O4/c1-13-22-18(17-10-9-16(26-3)11-19(17)24(25)28-22)12-20-21(14(2)27-23(13)20)15-7-5-4-6-8-15/h4-12H,1-3H3. The summed E-state index contributed by atoms with van der Waals surface area (Å²) in [6.07, 6.45) is 0. The molecule has 0 saturated carbocycles. The molecule has 0 radical (unpaired) electrons. The molecule has 4 heteroatoms. The number of hydrogen-bond donors (Lipinski definition) is 0. The van der Waals surface area contributed by atoms with Gasteiger partial charge >= 0.3 is 5.63 Å². The summed E-state index contributed by atoms with van der Waals surface area (Å²) in [5.41, 5.74) is 3.92. The highest BCUT2D eigenvalue weighted by Gasteiger charge is 2.19. The molecule has 3 aromatic carbocycles. The fraction of sp³-hybridized carbons (Fsp3) is 0.125. The van der Waals surface area contributed by atoms with Gasteiger partial charge in [-0.3, -0.25) is 0 Å². The first-order valence-electron chi connectivity index (χ1n) is 9.11. The van der Waals surface area contributed by atoms with Crippen molar-refractivity contribution < 1.29 is 13.6 Å². The Morgan fingerprint density at radius 3 is 2.29 bits per heavy atom. The van der Waals surface area contributed by atoms with Crippen molar-refractivity contribution in [2.24, 2.45) is 0 Å². The summed E-state index contributed by atoms with van der Waals surface area (Å²) in [6, 6.07) is 17.7. The third-order valence-electron chi connectivity index (χ3n) is 5.33. The second kappa shape index (κ2) is 5.99. The van der Waals surface area contributed by atoms with Crippen molar-refractivity contribution in [1.82, 2.24) is 0 Å². The molecule has 138 valence electrons. The average molecular weight is 370 g/mol. The molecule has 0 bridgehead atoms. The van der Waals surface area contributed by atoms with Crippen LogP contribution in [-0.2, 0) is 0 Å². The first-order chi connectivity index (χ1) is 13.6. The van der Waals surface area contributed by atoms with Crippen molar-refractivity contribution in [1.29, 1.82) is 0 Å². The Bertz CT molecular complexity index is 1420. The molecule has 0 fully saturated rings. The third-order valence-corrected chi connectivity index (χ3v) is 5.33. The van der Waals surface area contributed by atoms with Gasteiger partial charge in [-0.15, -0.1) is 0 Å². The lowest BCUT2D eigenvalue weighted by atomic mass is 9.97. The number of benzene rings is 3. The maximum atomic E-state index is 12.6. The quantitative estimate of drug-likeness (QED) is 0.283. The Morgan fingerprint density at radius 2 is 1.54 bits per heavy atom. The lowest BCUT2D eigenvalue weighted by Gasteiger charge is -2.08. The number of furan rings is 1. The van der Waals surface area contributed by atoms with E-state index < -0.39 is 0 Å². The van der Waals surface area contributed by atoms with E-state index in [4.69, 9.17) is 13.6 Å². The molecule has 0 amide bonds. The van der Waals surface area contributed by atoms with Crippen molar-refractivity contribution >= 4 is 32.7 Å². The van der Waals surface area contributed by atoms with Gasteiger partial charge in [0.2, 0.25) is 0 Å². The molecule has 0 spiro atoms. The van der Waals surface area contributed by atoms with Gasteiger partial charge < -0.3 is 13.6 Å². The average Bonchev–Trinajstić information content (AvgIpc) is 3.06. The summed E-state index contributed by atoms with van der Waals surface area (Å²) in [4.78, 5) is 12.6. The third kappa shape index (κ3) is 2.28. The van der Waals surface area contributed by atoms with Crippen molar-refractivity contribution in [3.05, 3.63) is 76.3 Å². The van der Waals surface area contributed by atoms with Crippen LogP contribution in [0.1, 0.15) is 11.3 Å². The maximum Gasteiger partial charge on any atom is 0.344 e. The van der Waals surface area contributed by atoms with E-state index >= 15 is 0 Å². The van der Waals surface area contributed by atoms with Gasteiger partial charge in [0.1, 0.15) is 22.7 Å². The molecule has 0 N–H and O–H groups in total. The molecule has 4 nitrogen and oxygen atoms in total. The van der Waals surface area contributed by atoms with Gasteiger partial charge in [0.15, 0.2) is 0 Å². The molecule has 0 unspecified atom stereocenters. The Morgan fingerprint density at radius 1 is 0.786 bits per heavy atom. The van der Waals surface area contributed by atoms with Crippen LogP contribution in [-0.4, -0.2) is 7.11 Å². The van der Waals surface area contributed by atoms with Gasteiger partial charge in [0, 0.05) is 27.3 Å². The van der Waals surface area contributed by atoms with Crippen molar-refractivity contribution in [2.45, 2.75) is 13.8 Å². The molecular formula is C24H18O4. The summed E-state index contributed by atoms with van der Waals surface area (Å²) < 4.78 is 17.1. The second-order valence-corrected chi connectivity index (χ2v) is 6.96. The molecule has 0 aliphatic rings. The molecule has 2 heterocycles. The van der Waals surface area contributed by atoms with Crippen LogP contribution >= 0.6 is 0 Å². The number of rotatable bonds is 2. The normalized spacial score (nSPS) is 11.5. The lowest BCUT2D eigenvalue weighted by Crippen LogP contribution is -2.01. The van der Waals surface area contributed by atoms with Crippen LogP contribution in [0.2, 0.25) is 0 Å². The molecule has 0 aliphatic carbocycles. The van der Waals surface area contributed by atoms with E-state index in [-0.39, 0.29) is 5.63 Å². The Balaban J connectivity index is 1.96. The van der Waals surface area contributed by atoms with E-state index in [9.17, 15) is 4.79 Å². The zero-order valence-electron chi connectivity index (χ0n) is 15.8. The van der Waals surface area contributed by atoms with Gasteiger partial charge in [0.05, 0.1) is 12.5 Å². The zero-order valence-corrected chi connectivity index (χ0v) is 15.8. The minimum atomic E-state index is -0.379. The van der Waals surface area contributed by atoms with Crippen LogP contribution in [0.15, 0.2) is 68.2 Å². The number of hydrogen-bond acceptors (Lipinski definition) is 4. The van der Waals surface area contributed by atoms with E-state index in [0.29, 0.717) is 16.7 Å². The van der Waals surface area contributed by atoms with Crippen LogP contribution in [0.5, 0.6) is 5.75 Å². The Labute approximate surface area is 161 Å². The summed E-state index contributed by atoms with van der Waals surface area (Å²) in [7, 11) is 1.58. The van der Waals surface area contributed by atoms with E-state index in [1.165, 1.54) is 0 Å². The Kier molecular flexibility index (Phi) is 3.56. The molecule has 5 rings (SSSR count). The largest absolute Gasteiger partial charge is 0.497 e. The summed E-state index contributed by atoms with van der Waals surface area (Å²) in [5, 5.41) is 3.25. The van der Waals surface area contributed by atoms with Crippen LogP contribution < -0.4 is 10.4 Å². The number of ether oxygens (including phenoxy) is 1. The first kappa shape index (κ1) is 16.6. The Hall–Kier alpha value is -3.53. The van der Waals surface area contributed by atoms with Crippen molar-refractivity contribution in [3.8, 4) is 16.9 Å². The molecule has 0 atom stereocenters. The molecule has 0 saturated heterocycles. The minimum Gasteiger partial charge on any atom is -0.497 e. The molecule has 5 aromatic rings. The highest BCUT2D eigenvalue weighted by molar-refractivity contribution is 6.13. The van der Waals surface area contributed by atoms with Gasteiger partial charge in [-0.05, 0) is 43.7 Å². The van der Waals surface area contributed by atoms with E-state index in [0.717, 1.165) is 44.2 Å². The molecule has 2 aromatic heterocycles. The fourth-order valence-corrected chi connectivity index (χ4v) is 3.99. The van der Waals surface area contributed by atoms with Crippen molar-refractivity contribution in [3.63, 3.8) is 0 Å². The molecular weight excluding hydrogens is 352 g/mol. The van der Waals surface area contributed by atoms with Gasteiger partial charge in [-0.2, -0.15) is 0 Å². The monoisotopic (exact) mass is 370 g/mol. The number of aryl methyl sites for hydroxylation is 2. The molecule has 28 heavy (non-hydrogen) atoms. The topological polar surface area (TPSA) is 52.6 Å². The lowest BCUT2D eigenvalue weighted by molar-refractivity contribution is 0.415. The van der Waals surface area contributed by atoms with Crippen LogP contribution in [0.3, 0.4) is 0 Å². The van der Waals surface area contributed by atoms with Gasteiger partial charge in [-0.1, -0.05) is 30.3 Å². The fourth-order valence-electron chi connectivity index (χ4n) is 3.99. The van der Waals surface area contributed by atoms with Crippen molar-refractivity contribution in [2.75, 3.05) is 7.11 Å². The predicted octanol–water partition coefficient (Wildman–Crippen LogP) is 5.98. The smallest absolute Gasteiger partial charge is 0.344 e. The van der Waals surface area contributed by atoms with E-state index in [1.54, 1.807) is 13.2 Å². The van der Waals surface area contributed by atoms with Gasteiger partial charge in [-0.25, -0.2) is 4.79 Å². The van der Waals surface area contributed by atoms with Gasteiger partial charge in [0.25, 0.3) is 0 Å². The number of fused-ring (bicyclic) bond motifs is 4. The first-order valence-corrected chi connectivity index (χ1v) is 9.11. The van der Waals surface area contributed by atoms with E-state index in [1.807, 2.05) is 44.2 Å². The minimum absolute atomic E-state index is 0.379. The second-order valence-electron chi connectivity index (χ2n) is 6.96. The van der Waals surface area contributed by atoms with Crippen LogP contribution in [0.4, 0.5) is 0 Å². The zero-order chi connectivity index (χ0) is 19.4. The van der Waals surface area contributed by atoms with E-state index in [2.05, 4.69) is 18.2 Å². The summed E-state index contributed by atoms with van der Waals surface area (Å²) in [6.45, 7) is 3.90. The van der Waals surface area contributed by atoms with Crippen LogP contribution in [0, 0.1) is 13.8 Å².